The Kier molecular flexibility index (Phi) is 6.13. The first-order valence-electron chi connectivity index (χ1n) is 6.34. The fourth-order valence-corrected chi connectivity index (χ4v) is 1.87. The zero-order chi connectivity index (χ0) is 13.8. The molecule has 0 saturated carbocycles. The monoisotopic (exact) mass is 381 g/mol. The van der Waals surface area contributed by atoms with Crippen LogP contribution in [0.4, 0.5) is 5.69 Å². The number of anilines is 1. The minimum absolute atomic E-state index is 0. The van der Waals surface area contributed by atoms with Gasteiger partial charge >= 0.3 is 0 Å². The number of benzene rings is 1. The predicted molar refractivity (Wildman–Crippen MR) is 79.8 cm³/mol. The Bertz CT molecular complexity index is 589. The van der Waals surface area contributed by atoms with E-state index in [-0.39, 0.29) is 24.0 Å². The maximum atomic E-state index is 4.31. The van der Waals surface area contributed by atoms with E-state index in [0.29, 0.717) is 0 Å². The normalized spacial score (nSPS) is 10.4. The van der Waals surface area contributed by atoms with Crippen molar-refractivity contribution >= 4 is 17.8 Å². The summed E-state index contributed by atoms with van der Waals surface area (Å²) in [6.45, 7) is 1.99. The lowest BCUT2D eigenvalue weighted by atomic mass is 10.2. The Labute approximate surface area is 138 Å². The lowest BCUT2D eigenvalue weighted by Crippen LogP contribution is -3.00. The van der Waals surface area contributed by atoms with Crippen LogP contribution in [-0.2, 0) is 7.05 Å². The van der Waals surface area contributed by atoms with E-state index in [4.69, 9.17) is 0 Å². The van der Waals surface area contributed by atoms with Crippen LogP contribution in [0.15, 0.2) is 36.7 Å². The third-order valence-electron chi connectivity index (χ3n) is 3.04. The summed E-state index contributed by atoms with van der Waals surface area (Å²) in [6.07, 6.45) is 8.09. The third kappa shape index (κ3) is 4.30. The van der Waals surface area contributed by atoms with Crippen molar-refractivity contribution in [3.8, 4) is 0 Å². The van der Waals surface area contributed by atoms with E-state index >= 15 is 0 Å². The van der Waals surface area contributed by atoms with Crippen molar-refractivity contribution in [2.45, 2.75) is 6.92 Å². The highest BCUT2D eigenvalue weighted by Crippen LogP contribution is 2.13. The van der Waals surface area contributed by atoms with Crippen LogP contribution in [0.1, 0.15) is 17.0 Å². The fourth-order valence-electron chi connectivity index (χ4n) is 1.87. The lowest BCUT2D eigenvalue weighted by Gasteiger charge is -2.11. The minimum Gasteiger partial charge on any atom is -1.00 e. The zero-order valence-corrected chi connectivity index (χ0v) is 14.5. The Morgan fingerprint density at radius 3 is 2.30 bits per heavy atom. The average molecular weight is 381 g/mol. The van der Waals surface area contributed by atoms with Crippen molar-refractivity contribution in [3.63, 3.8) is 0 Å². The quantitative estimate of drug-likeness (QED) is 0.526. The van der Waals surface area contributed by atoms with Crippen LogP contribution in [0, 0.1) is 6.92 Å². The maximum Gasteiger partial charge on any atom is 0.223 e. The van der Waals surface area contributed by atoms with Crippen LogP contribution >= 0.6 is 0 Å². The second kappa shape index (κ2) is 7.38. The van der Waals surface area contributed by atoms with Gasteiger partial charge in [0, 0.05) is 25.9 Å². The van der Waals surface area contributed by atoms with Crippen molar-refractivity contribution in [2.24, 2.45) is 7.05 Å². The van der Waals surface area contributed by atoms with E-state index in [9.17, 15) is 0 Å². The number of hydrogen-bond donors (Lipinski definition) is 0. The molecule has 3 nitrogen and oxygen atoms in total. The molecule has 0 radical (unpaired) electrons. The van der Waals surface area contributed by atoms with E-state index in [0.717, 1.165) is 11.4 Å². The van der Waals surface area contributed by atoms with E-state index in [2.05, 4.69) is 50.9 Å². The topological polar surface area (TPSA) is 20.0 Å². The largest absolute Gasteiger partial charge is 1.00 e. The second-order valence-corrected chi connectivity index (χ2v) is 4.88. The van der Waals surface area contributed by atoms with Gasteiger partial charge in [-0.05, 0) is 30.7 Å². The molecular formula is C16H20IN3. The van der Waals surface area contributed by atoms with E-state index < -0.39 is 0 Å². The third-order valence-corrected chi connectivity index (χ3v) is 3.04. The Hall–Kier alpha value is -1.43. The van der Waals surface area contributed by atoms with Crippen LogP contribution in [-0.4, -0.2) is 19.1 Å². The molecule has 0 aliphatic heterocycles. The molecule has 0 saturated heterocycles. The van der Waals surface area contributed by atoms with Crippen LogP contribution in [0.5, 0.6) is 0 Å². The summed E-state index contributed by atoms with van der Waals surface area (Å²) in [5, 5.41) is 0. The lowest BCUT2D eigenvalue weighted by molar-refractivity contribution is -0.674. The molecule has 0 unspecified atom stereocenters. The molecule has 106 valence electrons. The number of aromatic nitrogens is 2. The summed E-state index contributed by atoms with van der Waals surface area (Å²) in [7, 11) is 6.12. The SMILES string of the molecule is Cc1c[n+](C)c(/C=C/c2ccc(N(C)C)cc2)cn1.[I-]. The van der Waals surface area contributed by atoms with Gasteiger partial charge in [0.25, 0.3) is 0 Å². The molecular weight excluding hydrogens is 361 g/mol. The molecule has 0 amide bonds. The van der Waals surface area contributed by atoms with Gasteiger partial charge in [-0.25, -0.2) is 4.98 Å². The van der Waals surface area contributed by atoms with Gasteiger partial charge in [0.2, 0.25) is 5.69 Å². The summed E-state index contributed by atoms with van der Waals surface area (Å²) in [6, 6.07) is 8.47. The van der Waals surface area contributed by atoms with Crippen LogP contribution in [0.3, 0.4) is 0 Å². The molecule has 20 heavy (non-hydrogen) atoms. The molecule has 0 atom stereocenters. The Balaban J connectivity index is 0.00000200. The first-order chi connectivity index (χ1) is 9.06. The highest BCUT2D eigenvalue weighted by atomic mass is 127. The number of nitrogens with zero attached hydrogens (tertiary/aromatic N) is 3. The maximum absolute atomic E-state index is 4.31. The first kappa shape index (κ1) is 16.6. The summed E-state index contributed by atoms with van der Waals surface area (Å²) in [4.78, 5) is 6.41. The highest BCUT2D eigenvalue weighted by Gasteiger charge is 2.02. The summed E-state index contributed by atoms with van der Waals surface area (Å²) in [5.41, 5.74) is 4.50. The van der Waals surface area contributed by atoms with E-state index in [1.54, 1.807) is 0 Å². The summed E-state index contributed by atoms with van der Waals surface area (Å²) >= 11 is 0. The molecule has 2 aromatic rings. The van der Waals surface area contributed by atoms with Crippen LogP contribution < -0.4 is 33.4 Å². The number of aryl methyl sites for hydroxylation is 2. The van der Waals surface area contributed by atoms with Gasteiger partial charge in [-0.2, -0.15) is 4.57 Å². The van der Waals surface area contributed by atoms with Crippen LogP contribution in [0.2, 0.25) is 0 Å². The molecule has 4 heteroatoms. The number of hydrogen-bond acceptors (Lipinski definition) is 2. The first-order valence-corrected chi connectivity index (χ1v) is 6.34. The number of halogens is 1. The van der Waals surface area contributed by atoms with Gasteiger partial charge in [0.15, 0.2) is 6.20 Å². The average Bonchev–Trinajstić information content (AvgIpc) is 2.38. The van der Waals surface area contributed by atoms with Gasteiger partial charge < -0.3 is 28.9 Å². The smallest absolute Gasteiger partial charge is 0.223 e. The van der Waals surface area contributed by atoms with Gasteiger partial charge in [-0.1, -0.05) is 12.1 Å². The number of rotatable bonds is 3. The van der Waals surface area contributed by atoms with Gasteiger partial charge in [0.1, 0.15) is 12.7 Å². The van der Waals surface area contributed by atoms with Gasteiger partial charge in [0.05, 0.1) is 6.20 Å². The molecule has 2 rings (SSSR count). The Morgan fingerprint density at radius 2 is 1.75 bits per heavy atom. The fraction of sp³-hybridized carbons (Fsp3) is 0.250. The van der Waals surface area contributed by atoms with Crippen molar-refractivity contribution in [3.05, 3.63) is 53.6 Å². The van der Waals surface area contributed by atoms with Crippen molar-refractivity contribution in [1.29, 1.82) is 0 Å². The molecule has 0 bridgehead atoms. The summed E-state index contributed by atoms with van der Waals surface area (Å²) in [5.74, 6) is 0. The van der Waals surface area contributed by atoms with Gasteiger partial charge in [-0.15, -0.1) is 0 Å². The van der Waals surface area contributed by atoms with Crippen molar-refractivity contribution in [1.82, 2.24) is 4.98 Å². The minimum atomic E-state index is 0. The molecule has 0 aliphatic carbocycles. The standard InChI is InChI=1S/C16H20N3.HI/c1-13-12-19(4)16(11-17-13)10-7-14-5-8-15(9-6-14)18(2)3;/h5-12H,1-4H3;1H/q+1;/p-1. The van der Waals surface area contributed by atoms with Crippen LogP contribution in [0.25, 0.3) is 12.2 Å². The molecule has 0 N–H and O–H groups in total. The Morgan fingerprint density at radius 1 is 1.10 bits per heavy atom. The van der Waals surface area contributed by atoms with E-state index in [1.165, 1.54) is 11.3 Å². The molecule has 1 aromatic heterocycles. The molecule has 0 spiro atoms. The zero-order valence-electron chi connectivity index (χ0n) is 12.3. The van der Waals surface area contributed by atoms with Gasteiger partial charge in [-0.3, -0.25) is 0 Å². The molecule has 1 aromatic carbocycles. The molecule has 1 heterocycles. The highest BCUT2D eigenvalue weighted by molar-refractivity contribution is 5.67. The van der Waals surface area contributed by atoms with Crippen molar-refractivity contribution in [2.75, 3.05) is 19.0 Å². The van der Waals surface area contributed by atoms with E-state index in [1.807, 2.05) is 40.5 Å². The molecule has 0 fully saturated rings. The molecule has 0 aliphatic rings. The second-order valence-electron chi connectivity index (χ2n) is 4.88. The predicted octanol–water partition coefficient (Wildman–Crippen LogP) is -0.545. The summed E-state index contributed by atoms with van der Waals surface area (Å²) < 4.78 is 2.08. The van der Waals surface area contributed by atoms with Crippen molar-refractivity contribution < 1.29 is 28.5 Å².